The standard InChI is InChI=1S/C24H22N2O13/c1-9(25)23(35)39-21-19(32)18-15(29)7-11(37-24(36)26-12(22(33)34)3-5-17(30)31)8-16(18)38-20(21)10-2-4-13(27)14(28)6-10/h2,4,6-9,12,27-29H,3,5,25H2,1H3,(H,26,36)(H,30,31)(H,33,34)/t9-,12-/m0/s1. The summed E-state index contributed by atoms with van der Waals surface area (Å²) < 4.78 is 15.8. The van der Waals surface area contributed by atoms with Crippen molar-refractivity contribution in [3.63, 3.8) is 0 Å². The summed E-state index contributed by atoms with van der Waals surface area (Å²) in [5, 5.41) is 49.4. The van der Waals surface area contributed by atoms with Crippen molar-refractivity contribution in [1.82, 2.24) is 5.32 Å². The highest BCUT2D eigenvalue weighted by molar-refractivity contribution is 5.91. The summed E-state index contributed by atoms with van der Waals surface area (Å²) in [6.07, 6.45) is -2.31. The second-order valence-electron chi connectivity index (χ2n) is 8.18. The lowest BCUT2D eigenvalue weighted by Gasteiger charge is -2.15. The Balaban J connectivity index is 2.07. The molecule has 0 saturated heterocycles. The molecule has 8 N–H and O–H groups in total. The number of benzene rings is 2. The third-order valence-electron chi connectivity index (χ3n) is 5.17. The molecular weight excluding hydrogens is 524 g/mol. The van der Waals surface area contributed by atoms with E-state index in [2.05, 4.69) is 0 Å². The Kier molecular flexibility index (Phi) is 8.25. The lowest BCUT2D eigenvalue weighted by Crippen LogP contribution is -2.42. The summed E-state index contributed by atoms with van der Waals surface area (Å²) in [4.78, 5) is 59.7. The number of nitrogens with one attached hydrogen (secondary N) is 1. The molecule has 0 aliphatic heterocycles. The first-order valence-electron chi connectivity index (χ1n) is 11.0. The number of carbonyl (C=O) groups excluding carboxylic acids is 2. The minimum absolute atomic E-state index is 0.0388. The zero-order chi connectivity index (χ0) is 29.0. The van der Waals surface area contributed by atoms with Crippen LogP contribution < -0.4 is 26.0 Å². The van der Waals surface area contributed by atoms with Crippen LogP contribution in [0.15, 0.2) is 39.5 Å². The van der Waals surface area contributed by atoms with Gasteiger partial charge in [-0.15, -0.1) is 0 Å². The van der Waals surface area contributed by atoms with Crippen molar-refractivity contribution in [3.8, 4) is 40.1 Å². The van der Waals surface area contributed by atoms with E-state index in [1.165, 1.54) is 13.0 Å². The lowest BCUT2D eigenvalue weighted by molar-refractivity contribution is -0.140. The van der Waals surface area contributed by atoms with Crippen LogP contribution in [-0.2, 0) is 14.4 Å². The van der Waals surface area contributed by atoms with Gasteiger partial charge in [-0.1, -0.05) is 0 Å². The van der Waals surface area contributed by atoms with Crippen molar-refractivity contribution in [2.75, 3.05) is 0 Å². The zero-order valence-electron chi connectivity index (χ0n) is 20.0. The first kappa shape index (κ1) is 28.3. The second-order valence-corrected chi connectivity index (χ2v) is 8.18. The van der Waals surface area contributed by atoms with E-state index in [1.807, 2.05) is 5.32 Å². The summed E-state index contributed by atoms with van der Waals surface area (Å²) >= 11 is 0. The van der Waals surface area contributed by atoms with E-state index < -0.39 is 94.2 Å². The summed E-state index contributed by atoms with van der Waals surface area (Å²) in [6, 6.07) is 2.35. The van der Waals surface area contributed by atoms with Crippen LogP contribution in [0, 0.1) is 0 Å². The molecule has 39 heavy (non-hydrogen) atoms. The second kappa shape index (κ2) is 11.4. The third kappa shape index (κ3) is 6.53. The molecule has 0 spiro atoms. The number of carboxylic acid groups (broad SMARTS) is 2. The van der Waals surface area contributed by atoms with Crippen LogP contribution in [0.4, 0.5) is 4.79 Å². The number of carboxylic acids is 2. The third-order valence-corrected chi connectivity index (χ3v) is 5.17. The largest absolute Gasteiger partial charge is 0.507 e. The van der Waals surface area contributed by atoms with Crippen molar-refractivity contribution in [2.24, 2.45) is 5.73 Å². The molecule has 1 amide bonds. The fraction of sp³-hybridized carbons (Fsp3) is 0.208. The number of rotatable bonds is 9. The van der Waals surface area contributed by atoms with Crippen LogP contribution in [0.25, 0.3) is 22.3 Å². The lowest BCUT2D eigenvalue weighted by atomic mass is 10.1. The molecule has 0 aliphatic rings. The van der Waals surface area contributed by atoms with Gasteiger partial charge in [-0.05, 0) is 31.5 Å². The van der Waals surface area contributed by atoms with Gasteiger partial charge in [0.1, 0.15) is 34.6 Å². The number of nitrogens with two attached hydrogens (primary N) is 1. The fourth-order valence-electron chi connectivity index (χ4n) is 3.26. The molecule has 2 aromatic carbocycles. The minimum atomic E-state index is -1.60. The Bertz CT molecular complexity index is 1530. The van der Waals surface area contributed by atoms with E-state index in [4.69, 9.17) is 24.7 Å². The molecule has 15 nitrogen and oxygen atoms in total. The van der Waals surface area contributed by atoms with E-state index in [1.54, 1.807) is 0 Å². The molecular formula is C24H22N2O13. The maximum absolute atomic E-state index is 13.3. The number of hydrogen-bond donors (Lipinski definition) is 7. The molecule has 0 unspecified atom stereocenters. The highest BCUT2D eigenvalue weighted by Gasteiger charge is 2.26. The van der Waals surface area contributed by atoms with Gasteiger partial charge in [0.2, 0.25) is 11.2 Å². The van der Waals surface area contributed by atoms with Gasteiger partial charge >= 0.3 is 24.0 Å². The molecule has 0 fully saturated rings. The molecule has 0 aliphatic carbocycles. The van der Waals surface area contributed by atoms with Gasteiger partial charge in [-0.2, -0.15) is 0 Å². The number of aliphatic carboxylic acids is 2. The Labute approximate surface area is 217 Å². The zero-order valence-corrected chi connectivity index (χ0v) is 20.0. The van der Waals surface area contributed by atoms with Gasteiger partial charge < -0.3 is 50.5 Å². The molecule has 2 atom stereocenters. The van der Waals surface area contributed by atoms with E-state index in [-0.39, 0.29) is 11.1 Å². The number of fused-ring (bicyclic) bond motifs is 1. The van der Waals surface area contributed by atoms with Crippen LogP contribution in [-0.4, -0.2) is 61.6 Å². The number of phenolic OH excluding ortho intramolecular Hbond substituents is 3. The van der Waals surface area contributed by atoms with Crippen molar-refractivity contribution in [1.29, 1.82) is 0 Å². The van der Waals surface area contributed by atoms with Gasteiger partial charge in [0, 0.05) is 24.1 Å². The molecule has 0 saturated carbocycles. The SMILES string of the molecule is C[C@H](N)C(=O)Oc1c(-c2ccc(O)c(O)c2)oc2cc(OC(=O)N[C@@H](CCC(=O)O)C(=O)O)cc(O)c2c1=O. The summed E-state index contributed by atoms with van der Waals surface area (Å²) in [6.45, 7) is 1.29. The van der Waals surface area contributed by atoms with Crippen LogP contribution in [0.1, 0.15) is 19.8 Å². The van der Waals surface area contributed by atoms with Crippen LogP contribution >= 0.6 is 0 Å². The van der Waals surface area contributed by atoms with Gasteiger partial charge in [0.15, 0.2) is 17.3 Å². The first-order chi connectivity index (χ1) is 18.3. The van der Waals surface area contributed by atoms with Gasteiger partial charge in [0.05, 0.1) is 0 Å². The number of amides is 1. The van der Waals surface area contributed by atoms with E-state index in [0.29, 0.717) is 0 Å². The van der Waals surface area contributed by atoms with E-state index in [9.17, 15) is 44.4 Å². The predicted molar refractivity (Wildman–Crippen MR) is 130 cm³/mol. The summed E-state index contributed by atoms with van der Waals surface area (Å²) in [7, 11) is 0. The fourth-order valence-corrected chi connectivity index (χ4v) is 3.26. The number of phenols is 3. The van der Waals surface area contributed by atoms with Crippen molar-refractivity contribution in [2.45, 2.75) is 31.8 Å². The Hall–Kier alpha value is -5.31. The van der Waals surface area contributed by atoms with Crippen molar-refractivity contribution < 1.29 is 58.6 Å². The Morgan fingerprint density at radius 3 is 2.28 bits per heavy atom. The molecule has 1 aromatic heterocycles. The first-order valence-corrected chi connectivity index (χ1v) is 11.0. The maximum atomic E-state index is 13.3. The van der Waals surface area contributed by atoms with Crippen LogP contribution in [0.3, 0.4) is 0 Å². The minimum Gasteiger partial charge on any atom is -0.507 e. The number of hydrogen-bond acceptors (Lipinski definition) is 12. The normalized spacial score (nSPS) is 12.4. The van der Waals surface area contributed by atoms with Crippen LogP contribution in [0.2, 0.25) is 0 Å². The number of carbonyl (C=O) groups is 4. The smallest absolute Gasteiger partial charge is 0.413 e. The predicted octanol–water partition coefficient (Wildman–Crippen LogP) is 1.24. The molecule has 15 heteroatoms. The average molecular weight is 546 g/mol. The Morgan fingerprint density at radius 2 is 1.69 bits per heavy atom. The number of aromatic hydroxyl groups is 3. The molecule has 0 bridgehead atoms. The highest BCUT2D eigenvalue weighted by atomic mass is 16.6. The molecule has 206 valence electrons. The van der Waals surface area contributed by atoms with Crippen molar-refractivity contribution in [3.05, 3.63) is 40.6 Å². The molecule has 0 radical (unpaired) electrons. The van der Waals surface area contributed by atoms with Gasteiger partial charge in [0.25, 0.3) is 0 Å². The van der Waals surface area contributed by atoms with Crippen LogP contribution in [0.5, 0.6) is 28.7 Å². The highest BCUT2D eigenvalue weighted by Crippen LogP contribution is 2.38. The monoisotopic (exact) mass is 546 g/mol. The molecule has 3 rings (SSSR count). The van der Waals surface area contributed by atoms with Gasteiger partial charge in [-0.25, -0.2) is 14.4 Å². The topological polar surface area (TPSA) is 256 Å². The molecule has 3 aromatic rings. The quantitative estimate of drug-likeness (QED) is 0.147. The Morgan fingerprint density at radius 1 is 1.00 bits per heavy atom. The van der Waals surface area contributed by atoms with E-state index in [0.717, 1.165) is 24.3 Å². The summed E-state index contributed by atoms with van der Waals surface area (Å²) in [5.41, 5.74) is 4.05. The average Bonchev–Trinajstić information content (AvgIpc) is 2.84. The maximum Gasteiger partial charge on any atom is 0.413 e. The van der Waals surface area contributed by atoms with E-state index >= 15 is 0 Å². The number of esters is 1. The summed E-state index contributed by atoms with van der Waals surface area (Å²) in [5.74, 6) is -7.24. The van der Waals surface area contributed by atoms with Crippen molar-refractivity contribution >= 4 is 35.0 Å². The number of ether oxygens (including phenoxy) is 2. The van der Waals surface area contributed by atoms with Gasteiger partial charge in [-0.3, -0.25) is 9.59 Å². The molecule has 1 heterocycles.